The van der Waals surface area contributed by atoms with E-state index >= 15 is 0 Å². The van der Waals surface area contributed by atoms with Crippen molar-refractivity contribution in [1.82, 2.24) is 9.78 Å². The molecule has 2 aromatic rings. The van der Waals surface area contributed by atoms with Crippen molar-refractivity contribution in [3.05, 3.63) is 48.3 Å². The molecule has 1 unspecified atom stereocenters. The molecule has 0 aliphatic heterocycles. The van der Waals surface area contributed by atoms with Crippen LogP contribution in [0.3, 0.4) is 0 Å². The predicted octanol–water partition coefficient (Wildman–Crippen LogP) is 1.65. The van der Waals surface area contributed by atoms with E-state index < -0.39 is 5.97 Å². The maximum absolute atomic E-state index is 10.9. The Bertz CT molecular complexity index is 491. The average Bonchev–Trinajstić information content (AvgIpc) is 2.80. The van der Waals surface area contributed by atoms with E-state index in [1.54, 1.807) is 35.3 Å². The largest absolute Gasteiger partial charge is 0.508 e. The normalized spacial score (nSPS) is 12.2. The molecule has 1 aromatic heterocycles. The first kappa shape index (κ1) is 11.2. The summed E-state index contributed by atoms with van der Waals surface area (Å²) in [5, 5.41) is 22.2. The van der Waals surface area contributed by atoms with E-state index in [2.05, 4.69) is 5.10 Å². The number of carboxylic acids is 1. The summed E-state index contributed by atoms with van der Waals surface area (Å²) in [5.74, 6) is -0.734. The van der Waals surface area contributed by atoms with Crippen LogP contribution < -0.4 is 0 Å². The molecule has 0 aliphatic carbocycles. The third kappa shape index (κ3) is 2.63. The number of carbonyl (C=O) groups is 1. The molecule has 0 aliphatic rings. The summed E-state index contributed by atoms with van der Waals surface area (Å²) in [4.78, 5) is 10.9. The molecule has 0 radical (unpaired) electrons. The molecule has 1 aromatic carbocycles. The van der Waals surface area contributed by atoms with Gasteiger partial charge in [0.25, 0.3) is 0 Å². The molecule has 5 nitrogen and oxygen atoms in total. The Morgan fingerprint density at radius 3 is 2.59 bits per heavy atom. The van der Waals surface area contributed by atoms with Crippen molar-refractivity contribution in [3.8, 4) is 5.75 Å². The van der Waals surface area contributed by atoms with Gasteiger partial charge in [0.2, 0.25) is 0 Å². The standard InChI is InChI=1S/C12H12N2O3/c15-10-4-2-9(3-5-10)11(8-12(16)17)14-7-1-6-13-14/h1-7,11,15H,8H2,(H,16,17). The summed E-state index contributed by atoms with van der Waals surface area (Å²) in [6.07, 6.45) is 3.28. The van der Waals surface area contributed by atoms with Crippen LogP contribution in [0.2, 0.25) is 0 Å². The Morgan fingerprint density at radius 1 is 1.35 bits per heavy atom. The highest BCUT2D eigenvalue weighted by molar-refractivity contribution is 5.68. The lowest BCUT2D eigenvalue weighted by atomic mass is 10.0. The van der Waals surface area contributed by atoms with E-state index in [1.165, 1.54) is 12.1 Å². The number of hydrogen-bond acceptors (Lipinski definition) is 3. The monoisotopic (exact) mass is 232 g/mol. The smallest absolute Gasteiger partial charge is 0.305 e. The van der Waals surface area contributed by atoms with Crippen molar-refractivity contribution in [3.63, 3.8) is 0 Å². The van der Waals surface area contributed by atoms with Crippen LogP contribution in [-0.4, -0.2) is 26.0 Å². The number of hydrogen-bond donors (Lipinski definition) is 2. The van der Waals surface area contributed by atoms with Crippen LogP contribution in [0.25, 0.3) is 0 Å². The van der Waals surface area contributed by atoms with Gasteiger partial charge >= 0.3 is 5.97 Å². The molecule has 1 atom stereocenters. The first-order chi connectivity index (χ1) is 8.16. The molecular formula is C12H12N2O3. The molecule has 1 heterocycles. The van der Waals surface area contributed by atoms with Gasteiger partial charge in [-0.15, -0.1) is 0 Å². The zero-order chi connectivity index (χ0) is 12.3. The van der Waals surface area contributed by atoms with Gasteiger partial charge in [0.15, 0.2) is 0 Å². The zero-order valence-electron chi connectivity index (χ0n) is 9.02. The minimum atomic E-state index is -0.890. The molecule has 0 saturated carbocycles. The summed E-state index contributed by atoms with van der Waals surface area (Å²) >= 11 is 0. The highest BCUT2D eigenvalue weighted by Gasteiger charge is 2.17. The number of aliphatic carboxylic acids is 1. The fourth-order valence-electron chi connectivity index (χ4n) is 1.69. The van der Waals surface area contributed by atoms with Crippen LogP contribution in [0, 0.1) is 0 Å². The number of carboxylic acid groups (broad SMARTS) is 1. The number of phenolic OH excluding ortho intramolecular Hbond substituents is 1. The van der Waals surface area contributed by atoms with Crippen molar-refractivity contribution in [1.29, 1.82) is 0 Å². The highest BCUT2D eigenvalue weighted by Crippen LogP contribution is 2.23. The van der Waals surface area contributed by atoms with Crippen molar-refractivity contribution in [2.24, 2.45) is 0 Å². The molecule has 0 bridgehead atoms. The molecular weight excluding hydrogens is 220 g/mol. The van der Waals surface area contributed by atoms with E-state index in [-0.39, 0.29) is 18.2 Å². The molecule has 88 valence electrons. The van der Waals surface area contributed by atoms with Crippen LogP contribution in [0.15, 0.2) is 42.7 Å². The molecule has 0 saturated heterocycles. The molecule has 17 heavy (non-hydrogen) atoms. The average molecular weight is 232 g/mol. The fraction of sp³-hybridized carbons (Fsp3) is 0.167. The summed E-state index contributed by atoms with van der Waals surface area (Å²) in [6, 6.07) is 7.86. The van der Waals surface area contributed by atoms with Crippen molar-refractivity contribution in [2.75, 3.05) is 0 Å². The maximum Gasteiger partial charge on any atom is 0.305 e. The first-order valence-electron chi connectivity index (χ1n) is 5.16. The second kappa shape index (κ2) is 4.69. The number of nitrogens with zero attached hydrogens (tertiary/aromatic N) is 2. The highest BCUT2D eigenvalue weighted by atomic mass is 16.4. The van der Waals surface area contributed by atoms with Crippen molar-refractivity contribution >= 4 is 5.97 Å². The molecule has 5 heteroatoms. The van der Waals surface area contributed by atoms with E-state index in [1.807, 2.05) is 0 Å². The van der Waals surface area contributed by atoms with Gasteiger partial charge in [0.05, 0.1) is 12.5 Å². The lowest BCUT2D eigenvalue weighted by Gasteiger charge is -2.16. The Labute approximate surface area is 97.9 Å². The van der Waals surface area contributed by atoms with Crippen LogP contribution in [-0.2, 0) is 4.79 Å². The zero-order valence-corrected chi connectivity index (χ0v) is 9.02. The van der Waals surface area contributed by atoms with Gasteiger partial charge in [-0.3, -0.25) is 9.48 Å². The van der Waals surface area contributed by atoms with Crippen molar-refractivity contribution in [2.45, 2.75) is 12.5 Å². The summed E-state index contributed by atoms with van der Waals surface area (Å²) in [6.45, 7) is 0. The molecule has 0 fully saturated rings. The second-order valence-electron chi connectivity index (χ2n) is 3.69. The van der Waals surface area contributed by atoms with Gasteiger partial charge in [-0.2, -0.15) is 5.10 Å². The van der Waals surface area contributed by atoms with Crippen LogP contribution in [0.5, 0.6) is 5.75 Å². The molecule has 0 spiro atoms. The third-order valence-corrected chi connectivity index (χ3v) is 2.49. The number of phenols is 1. The number of aromatic hydroxyl groups is 1. The second-order valence-corrected chi connectivity index (χ2v) is 3.69. The Balaban J connectivity index is 2.33. The van der Waals surface area contributed by atoms with Gasteiger partial charge in [-0.25, -0.2) is 0 Å². The number of aromatic nitrogens is 2. The van der Waals surface area contributed by atoms with Crippen molar-refractivity contribution < 1.29 is 15.0 Å². The quantitative estimate of drug-likeness (QED) is 0.840. The van der Waals surface area contributed by atoms with Crippen LogP contribution >= 0.6 is 0 Å². The maximum atomic E-state index is 10.9. The Morgan fingerprint density at radius 2 is 2.06 bits per heavy atom. The topological polar surface area (TPSA) is 75.3 Å². The molecule has 2 N–H and O–H groups in total. The minimum Gasteiger partial charge on any atom is -0.508 e. The Kier molecular flexibility index (Phi) is 3.09. The fourth-order valence-corrected chi connectivity index (χ4v) is 1.69. The summed E-state index contributed by atoms with van der Waals surface area (Å²) < 4.78 is 1.60. The van der Waals surface area contributed by atoms with Crippen LogP contribution in [0.4, 0.5) is 0 Å². The van der Waals surface area contributed by atoms with Gasteiger partial charge in [-0.05, 0) is 23.8 Å². The van der Waals surface area contributed by atoms with E-state index in [4.69, 9.17) is 5.11 Å². The lowest BCUT2D eigenvalue weighted by molar-refractivity contribution is -0.137. The van der Waals surface area contributed by atoms with Gasteiger partial charge in [0, 0.05) is 12.4 Å². The van der Waals surface area contributed by atoms with Gasteiger partial charge in [0.1, 0.15) is 5.75 Å². The van der Waals surface area contributed by atoms with Gasteiger partial charge in [-0.1, -0.05) is 12.1 Å². The van der Waals surface area contributed by atoms with E-state index in [9.17, 15) is 9.90 Å². The summed E-state index contributed by atoms with van der Waals surface area (Å²) in [5.41, 5.74) is 0.800. The lowest BCUT2D eigenvalue weighted by Crippen LogP contribution is -2.15. The predicted molar refractivity (Wildman–Crippen MR) is 60.7 cm³/mol. The minimum absolute atomic E-state index is 0.0492. The molecule has 2 rings (SSSR count). The van der Waals surface area contributed by atoms with E-state index in [0.29, 0.717) is 0 Å². The van der Waals surface area contributed by atoms with Crippen LogP contribution in [0.1, 0.15) is 18.0 Å². The van der Waals surface area contributed by atoms with Gasteiger partial charge < -0.3 is 10.2 Å². The van der Waals surface area contributed by atoms with E-state index in [0.717, 1.165) is 5.56 Å². The SMILES string of the molecule is O=C(O)CC(c1ccc(O)cc1)n1cccn1. The number of rotatable bonds is 4. The number of benzene rings is 1. The molecule has 0 amide bonds. The summed E-state index contributed by atoms with van der Waals surface area (Å²) in [7, 11) is 0. The Hall–Kier alpha value is -2.30. The third-order valence-electron chi connectivity index (χ3n) is 2.49. The first-order valence-corrected chi connectivity index (χ1v) is 5.16.